The molecule has 0 fully saturated rings. The van der Waals surface area contributed by atoms with E-state index in [2.05, 4.69) is 4.74 Å². The largest absolute Gasteiger partial charge is 0.466 e. The van der Waals surface area contributed by atoms with Crippen LogP contribution in [-0.4, -0.2) is 29.6 Å². The second-order valence-electron chi connectivity index (χ2n) is 2.74. The van der Waals surface area contributed by atoms with Crippen LogP contribution < -0.4 is 0 Å². The normalized spacial score (nSPS) is 11.5. The summed E-state index contributed by atoms with van der Waals surface area (Å²) in [5.74, 6) is -1.01. The zero-order chi connectivity index (χ0) is 11.0. The van der Waals surface area contributed by atoms with Crippen molar-refractivity contribution in [2.45, 2.75) is 32.3 Å². The molecule has 0 bridgehead atoms. The molecule has 0 aliphatic heterocycles. The van der Waals surface area contributed by atoms with Crippen molar-refractivity contribution in [2.24, 2.45) is 0 Å². The van der Waals surface area contributed by atoms with Crippen molar-refractivity contribution in [1.29, 1.82) is 5.26 Å². The monoisotopic (exact) mass is 199 g/mol. The number of aliphatic hydroxyl groups is 1. The minimum Gasteiger partial charge on any atom is -0.466 e. The number of ketones is 1. The van der Waals surface area contributed by atoms with Crippen molar-refractivity contribution >= 4 is 11.8 Å². The Balaban J connectivity index is 3.76. The third-order valence-electron chi connectivity index (χ3n) is 1.44. The van der Waals surface area contributed by atoms with Crippen LogP contribution in [0.5, 0.6) is 0 Å². The number of carbonyl (C=O) groups excluding carboxylic acids is 2. The molecule has 0 spiro atoms. The number of rotatable bonds is 6. The van der Waals surface area contributed by atoms with Crippen LogP contribution in [-0.2, 0) is 14.3 Å². The molecule has 0 saturated carbocycles. The van der Waals surface area contributed by atoms with Crippen LogP contribution >= 0.6 is 0 Å². The molecule has 0 aromatic heterocycles. The van der Waals surface area contributed by atoms with E-state index in [0.717, 1.165) is 0 Å². The summed E-state index contributed by atoms with van der Waals surface area (Å²) in [4.78, 5) is 21.8. The molecule has 1 atom stereocenters. The van der Waals surface area contributed by atoms with Crippen molar-refractivity contribution in [3.63, 3.8) is 0 Å². The van der Waals surface area contributed by atoms with Crippen molar-refractivity contribution in [3.05, 3.63) is 0 Å². The van der Waals surface area contributed by atoms with Crippen LogP contribution in [0.3, 0.4) is 0 Å². The van der Waals surface area contributed by atoms with E-state index < -0.39 is 17.9 Å². The lowest BCUT2D eigenvalue weighted by atomic mass is 10.1. The van der Waals surface area contributed by atoms with Gasteiger partial charge in [0.25, 0.3) is 0 Å². The summed E-state index contributed by atoms with van der Waals surface area (Å²) in [6.07, 6.45) is -1.60. The van der Waals surface area contributed by atoms with E-state index in [1.54, 1.807) is 13.0 Å². The molecule has 0 amide bonds. The SMILES string of the molecule is CCOC(=O)CC(=O)CC(O)CC#N. The van der Waals surface area contributed by atoms with Gasteiger partial charge in [-0.25, -0.2) is 0 Å². The molecule has 0 saturated heterocycles. The Hall–Kier alpha value is -1.41. The molecule has 0 aliphatic rings. The van der Waals surface area contributed by atoms with E-state index in [1.807, 2.05) is 0 Å². The van der Waals surface area contributed by atoms with Crippen LogP contribution in [0.25, 0.3) is 0 Å². The highest BCUT2D eigenvalue weighted by Gasteiger charge is 2.14. The molecule has 1 N–H and O–H groups in total. The van der Waals surface area contributed by atoms with Gasteiger partial charge in [-0.3, -0.25) is 9.59 Å². The van der Waals surface area contributed by atoms with E-state index in [9.17, 15) is 9.59 Å². The van der Waals surface area contributed by atoms with E-state index in [0.29, 0.717) is 0 Å². The zero-order valence-electron chi connectivity index (χ0n) is 8.02. The van der Waals surface area contributed by atoms with Gasteiger partial charge in [-0.2, -0.15) is 5.26 Å². The van der Waals surface area contributed by atoms with Crippen LogP contribution in [0.2, 0.25) is 0 Å². The highest BCUT2D eigenvalue weighted by Crippen LogP contribution is 2.01. The van der Waals surface area contributed by atoms with Crippen LogP contribution in [0.1, 0.15) is 26.2 Å². The summed E-state index contributed by atoms with van der Waals surface area (Å²) in [7, 11) is 0. The molecule has 0 aliphatic carbocycles. The van der Waals surface area contributed by atoms with Gasteiger partial charge in [-0.15, -0.1) is 0 Å². The number of Topliss-reactive ketones (excluding diaryl/α,β-unsaturated/α-hetero) is 1. The fraction of sp³-hybridized carbons (Fsp3) is 0.667. The predicted molar refractivity (Wildman–Crippen MR) is 47.1 cm³/mol. The van der Waals surface area contributed by atoms with Crippen molar-refractivity contribution in [3.8, 4) is 6.07 Å². The molecule has 0 heterocycles. The van der Waals surface area contributed by atoms with Gasteiger partial charge in [-0.05, 0) is 6.92 Å². The molecular weight excluding hydrogens is 186 g/mol. The molecule has 0 aromatic rings. The third kappa shape index (κ3) is 6.14. The van der Waals surface area contributed by atoms with Crippen LogP contribution in [0.4, 0.5) is 0 Å². The summed E-state index contributed by atoms with van der Waals surface area (Å²) >= 11 is 0. The number of aliphatic hydroxyl groups excluding tert-OH is 1. The van der Waals surface area contributed by atoms with E-state index >= 15 is 0 Å². The molecule has 14 heavy (non-hydrogen) atoms. The maximum Gasteiger partial charge on any atom is 0.313 e. The first-order chi connectivity index (χ1) is 6.60. The van der Waals surface area contributed by atoms with Gasteiger partial charge >= 0.3 is 5.97 Å². The first-order valence-corrected chi connectivity index (χ1v) is 4.32. The van der Waals surface area contributed by atoms with E-state index in [4.69, 9.17) is 10.4 Å². The van der Waals surface area contributed by atoms with E-state index in [1.165, 1.54) is 0 Å². The maximum absolute atomic E-state index is 11.0. The Morgan fingerprint density at radius 3 is 2.71 bits per heavy atom. The third-order valence-corrected chi connectivity index (χ3v) is 1.44. The first-order valence-electron chi connectivity index (χ1n) is 4.32. The standard InChI is InChI=1S/C9H13NO4/c1-2-14-9(13)6-8(12)5-7(11)3-4-10/h7,11H,2-3,5-6H2,1H3. The number of nitrogens with zero attached hydrogens (tertiary/aromatic N) is 1. The predicted octanol–water partition coefficient (Wildman–Crippen LogP) is 0.173. The van der Waals surface area contributed by atoms with Crippen molar-refractivity contribution in [1.82, 2.24) is 0 Å². The molecule has 1 unspecified atom stereocenters. The number of esters is 1. The quantitative estimate of drug-likeness (QED) is 0.486. The van der Waals surface area contributed by atoms with Gasteiger partial charge < -0.3 is 9.84 Å². The Kier molecular flexibility index (Phi) is 6.33. The summed E-state index contributed by atoms with van der Waals surface area (Å²) in [6, 6.07) is 1.73. The topological polar surface area (TPSA) is 87.4 Å². The summed E-state index contributed by atoms with van der Waals surface area (Å²) in [5, 5.41) is 17.3. The molecule has 0 rings (SSSR count). The van der Waals surface area contributed by atoms with Crippen LogP contribution in [0.15, 0.2) is 0 Å². The number of hydrogen-bond donors (Lipinski definition) is 1. The fourth-order valence-electron chi connectivity index (χ4n) is 0.886. The van der Waals surface area contributed by atoms with Gasteiger partial charge in [0.1, 0.15) is 12.2 Å². The van der Waals surface area contributed by atoms with Crippen molar-refractivity contribution < 1.29 is 19.4 Å². The highest BCUT2D eigenvalue weighted by molar-refractivity contribution is 5.95. The number of nitriles is 1. The molecule has 5 nitrogen and oxygen atoms in total. The lowest BCUT2D eigenvalue weighted by Gasteiger charge is -2.04. The number of ether oxygens (including phenoxy) is 1. The Morgan fingerprint density at radius 2 is 2.21 bits per heavy atom. The van der Waals surface area contributed by atoms with Crippen molar-refractivity contribution in [2.75, 3.05) is 6.61 Å². The number of carbonyl (C=O) groups is 2. The van der Waals surface area contributed by atoms with Crippen LogP contribution in [0, 0.1) is 11.3 Å². The Morgan fingerprint density at radius 1 is 1.57 bits per heavy atom. The lowest BCUT2D eigenvalue weighted by Crippen LogP contribution is -2.17. The van der Waals surface area contributed by atoms with E-state index in [-0.39, 0.29) is 25.9 Å². The van der Waals surface area contributed by atoms with Gasteiger partial charge in [0.15, 0.2) is 0 Å². The molecule has 0 aromatic carbocycles. The molecule has 78 valence electrons. The minimum absolute atomic E-state index is 0.103. The Bertz CT molecular complexity index is 244. The average Bonchev–Trinajstić information content (AvgIpc) is 2.03. The first kappa shape index (κ1) is 12.6. The smallest absolute Gasteiger partial charge is 0.313 e. The maximum atomic E-state index is 11.0. The van der Waals surface area contributed by atoms with Gasteiger partial charge in [0.2, 0.25) is 0 Å². The van der Waals surface area contributed by atoms with Gasteiger partial charge in [0, 0.05) is 6.42 Å². The van der Waals surface area contributed by atoms with Gasteiger partial charge in [-0.1, -0.05) is 0 Å². The summed E-state index contributed by atoms with van der Waals surface area (Å²) in [6.45, 7) is 1.87. The second kappa shape index (κ2) is 7.04. The molecular formula is C9H13NO4. The summed E-state index contributed by atoms with van der Waals surface area (Å²) in [5.41, 5.74) is 0. The zero-order valence-corrected chi connectivity index (χ0v) is 8.02. The van der Waals surface area contributed by atoms with Gasteiger partial charge in [0.05, 0.1) is 25.2 Å². The number of hydrogen-bond acceptors (Lipinski definition) is 5. The fourth-order valence-corrected chi connectivity index (χ4v) is 0.886. The minimum atomic E-state index is -0.984. The second-order valence-corrected chi connectivity index (χ2v) is 2.74. The molecule has 5 heteroatoms. The lowest BCUT2D eigenvalue weighted by molar-refractivity contribution is -0.145. The Labute approximate surface area is 82.3 Å². The average molecular weight is 199 g/mol. The summed E-state index contributed by atoms with van der Waals surface area (Å²) < 4.78 is 4.55. The molecule has 0 radical (unpaired) electrons. The highest BCUT2D eigenvalue weighted by atomic mass is 16.5.